The molecule has 1 aliphatic rings. The first-order chi connectivity index (χ1) is 8.16. The van der Waals surface area contributed by atoms with Gasteiger partial charge in [-0.3, -0.25) is 4.79 Å². The summed E-state index contributed by atoms with van der Waals surface area (Å²) >= 11 is 1.81. The van der Waals surface area contributed by atoms with E-state index in [4.69, 9.17) is 0 Å². The van der Waals surface area contributed by atoms with Crippen molar-refractivity contribution in [3.8, 4) is 0 Å². The molecule has 1 N–H and O–H groups in total. The summed E-state index contributed by atoms with van der Waals surface area (Å²) in [5, 5.41) is 3.23. The van der Waals surface area contributed by atoms with Crippen LogP contribution in [0.2, 0.25) is 0 Å². The number of Topliss-reactive ketones (excluding diaryl/α,β-unsaturated/α-hetero) is 1. The van der Waals surface area contributed by atoms with Crippen molar-refractivity contribution in [1.29, 1.82) is 0 Å². The van der Waals surface area contributed by atoms with Gasteiger partial charge in [-0.1, -0.05) is 6.07 Å². The SMILES string of the molecule is Cc1cc(F)ccc1CC(=O)C1CSCCN1. The van der Waals surface area contributed by atoms with E-state index in [-0.39, 0.29) is 17.6 Å². The number of rotatable bonds is 3. The van der Waals surface area contributed by atoms with E-state index in [2.05, 4.69) is 5.32 Å². The third kappa shape index (κ3) is 3.30. The lowest BCUT2D eigenvalue weighted by atomic mass is 10.0. The Hall–Kier alpha value is -0.870. The highest BCUT2D eigenvalue weighted by Gasteiger charge is 2.21. The van der Waals surface area contributed by atoms with Gasteiger partial charge in [0.1, 0.15) is 5.82 Å². The van der Waals surface area contributed by atoms with Crippen molar-refractivity contribution in [2.24, 2.45) is 0 Å². The fourth-order valence-electron chi connectivity index (χ4n) is 1.94. The normalized spacial score (nSPS) is 20.2. The van der Waals surface area contributed by atoms with Crippen LogP contribution in [0, 0.1) is 12.7 Å². The molecule has 0 aromatic heterocycles. The fraction of sp³-hybridized carbons (Fsp3) is 0.462. The van der Waals surface area contributed by atoms with Gasteiger partial charge >= 0.3 is 0 Å². The Kier molecular flexibility index (Phi) is 4.18. The molecule has 92 valence electrons. The summed E-state index contributed by atoms with van der Waals surface area (Å²) in [6.07, 6.45) is 0.393. The van der Waals surface area contributed by atoms with Crippen LogP contribution in [0.5, 0.6) is 0 Å². The van der Waals surface area contributed by atoms with Crippen molar-refractivity contribution >= 4 is 17.5 Å². The summed E-state index contributed by atoms with van der Waals surface area (Å²) in [5.41, 5.74) is 1.77. The molecule has 0 saturated carbocycles. The summed E-state index contributed by atoms with van der Waals surface area (Å²) < 4.78 is 12.9. The number of benzene rings is 1. The Morgan fingerprint density at radius 1 is 1.59 bits per heavy atom. The van der Waals surface area contributed by atoms with E-state index in [0.717, 1.165) is 29.2 Å². The summed E-state index contributed by atoms with van der Waals surface area (Å²) in [4.78, 5) is 12.0. The number of carbonyl (C=O) groups excluding carboxylic acids is 1. The molecule has 4 heteroatoms. The molecule has 1 fully saturated rings. The van der Waals surface area contributed by atoms with Crippen molar-refractivity contribution < 1.29 is 9.18 Å². The first kappa shape index (κ1) is 12.6. The second kappa shape index (κ2) is 5.65. The lowest BCUT2D eigenvalue weighted by Crippen LogP contribution is -2.44. The average Bonchev–Trinajstić information content (AvgIpc) is 2.34. The van der Waals surface area contributed by atoms with Crippen LogP contribution in [0.1, 0.15) is 11.1 Å². The highest BCUT2D eigenvalue weighted by atomic mass is 32.2. The zero-order chi connectivity index (χ0) is 12.3. The maximum absolute atomic E-state index is 12.9. The summed E-state index contributed by atoms with van der Waals surface area (Å²) in [5.74, 6) is 1.87. The van der Waals surface area contributed by atoms with Crippen LogP contribution in [-0.4, -0.2) is 29.9 Å². The van der Waals surface area contributed by atoms with Crippen LogP contribution in [-0.2, 0) is 11.2 Å². The number of nitrogens with one attached hydrogen (secondary N) is 1. The van der Waals surface area contributed by atoms with Gasteiger partial charge in [0, 0.05) is 24.5 Å². The van der Waals surface area contributed by atoms with E-state index in [1.54, 1.807) is 17.8 Å². The highest BCUT2D eigenvalue weighted by molar-refractivity contribution is 7.99. The molecule has 1 aliphatic heterocycles. The van der Waals surface area contributed by atoms with E-state index in [1.165, 1.54) is 12.1 Å². The number of hydrogen-bond donors (Lipinski definition) is 1. The lowest BCUT2D eigenvalue weighted by molar-refractivity contribution is -0.119. The number of ketones is 1. The zero-order valence-electron chi connectivity index (χ0n) is 9.83. The van der Waals surface area contributed by atoms with Crippen molar-refractivity contribution in [1.82, 2.24) is 5.32 Å². The smallest absolute Gasteiger partial charge is 0.154 e. The predicted octanol–water partition coefficient (Wildman–Crippen LogP) is 1.95. The maximum atomic E-state index is 12.9. The Labute approximate surface area is 105 Å². The summed E-state index contributed by atoms with van der Waals surface area (Å²) in [7, 11) is 0. The number of hydrogen-bond acceptors (Lipinski definition) is 3. The molecule has 17 heavy (non-hydrogen) atoms. The van der Waals surface area contributed by atoms with Gasteiger partial charge in [-0.15, -0.1) is 0 Å². The molecule has 0 bridgehead atoms. The summed E-state index contributed by atoms with van der Waals surface area (Å²) in [6, 6.07) is 4.56. The number of thioether (sulfide) groups is 1. The van der Waals surface area contributed by atoms with Crippen LogP contribution >= 0.6 is 11.8 Å². The van der Waals surface area contributed by atoms with E-state index < -0.39 is 0 Å². The third-order valence-electron chi connectivity index (χ3n) is 2.98. The molecule has 1 unspecified atom stereocenters. The largest absolute Gasteiger partial charge is 0.306 e. The minimum atomic E-state index is -0.245. The molecule has 1 aromatic rings. The van der Waals surface area contributed by atoms with Crippen molar-refractivity contribution in [3.05, 3.63) is 35.1 Å². The van der Waals surface area contributed by atoms with Gasteiger partial charge in [0.05, 0.1) is 6.04 Å². The quantitative estimate of drug-likeness (QED) is 0.892. The van der Waals surface area contributed by atoms with Gasteiger partial charge in [0.25, 0.3) is 0 Å². The lowest BCUT2D eigenvalue weighted by Gasteiger charge is -2.22. The Morgan fingerprint density at radius 2 is 2.41 bits per heavy atom. The highest BCUT2D eigenvalue weighted by Crippen LogP contribution is 2.14. The van der Waals surface area contributed by atoms with E-state index in [1.807, 2.05) is 6.92 Å². The summed E-state index contributed by atoms with van der Waals surface area (Å²) in [6.45, 7) is 2.73. The number of aryl methyl sites for hydroxylation is 1. The Balaban J connectivity index is 2.02. The minimum absolute atomic E-state index is 0.0433. The average molecular weight is 253 g/mol. The maximum Gasteiger partial charge on any atom is 0.154 e. The van der Waals surface area contributed by atoms with Gasteiger partial charge in [0.2, 0.25) is 0 Å². The molecule has 0 aliphatic carbocycles. The van der Waals surface area contributed by atoms with Gasteiger partial charge in [-0.05, 0) is 30.2 Å². The third-order valence-corrected chi connectivity index (χ3v) is 4.04. The zero-order valence-corrected chi connectivity index (χ0v) is 10.6. The van der Waals surface area contributed by atoms with Gasteiger partial charge < -0.3 is 5.32 Å². The first-order valence-electron chi connectivity index (χ1n) is 5.75. The second-order valence-electron chi connectivity index (χ2n) is 4.30. The molecule has 1 atom stereocenters. The van der Waals surface area contributed by atoms with Gasteiger partial charge in [-0.25, -0.2) is 4.39 Å². The minimum Gasteiger partial charge on any atom is -0.306 e. The molecule has 1 aromatic carbocycles. The molecular weight excluding hydrogens is 237 g/mol. The van der Waals surface area contributed by atoms with E-state index in [9.17, 15) is 9.18 Å². The molecule has 0 spiro atoms. The topological polar surface area (TPSA) is 29.1 Å². The van der Waals surface area contributed by atoms with Crippen LogP contribution < -0.4 is 5.32 Å². The van der Waals surface area contributed by atoms with Crippen molar-refractivity contribution in [3.63, 3.8) is 0 Å². The Bertz CT molecular complexity index is 416. The van der Waals surface area contributed by atoms with Crippen molar-refractivity contribution in [2.45, 2.75) is 19.4 Å². The number of halogens is 1. The molecular formula is C13H16FNOS. The van der Waals surface area contributed by atoms with E-state index >= 15 is 0 Å². The van der Waals surface area contributed by atoms with Crippen LogP contribution in [0.15, 0.2) is 18.2 Å². The fourth-order valence-corrected chi connectivity index (χ4v) is 2.91. The molecule has 0 radical (unpaired) electrons. The van der Waals surface area contributed by atoms with Crippen LogP contribution in [0.3, 0.4) is 0 Å². The van der Waals surface area contributed by atoms with Crippen LogP contribution in [0.25, 0.3) is 0 Å². The number of carbonyl (C=O) groups is 1. The second-order valence-corrected chi connectivity index (χ2v) is 5.45. The molecule has 0 amide bonds. The molecule has 1 saturated heterocycles. The first-order valence-corrected chi connectivity index (χ1v) is 6.91. The van der Waals surface area contributed by atoms with Crippen LogP contribution in [0.4, 0.5) is 4.39 Å². The standard InChI is InChI=1S/C13H16FNOS/c1-9-6-11(14)3-2-10(9)7-13(16)12-8-17-5-4-15-12/h2-3,6,12,15H,4-5,7-8H2,1H3. The van der Waals surface area contributed by atoms with Gasteiger partial charge in [0.15, 0.2) is 5.78 Å². The molecule has 1 heterocycles. The molecule has 2 nitrogen and oxygen atoms in total. The van der Waals surface area contributed by atoms with E-state index in [0.29, 0.717) is 6.42 Å². The Morgan fingerprint density at radius 3 is 3.06 bits per heavy atom. The predicted molar refractivity (Wildman–Crippen MR) is 69.0 cm³/mol. The van der Waals surface area contributed by atoms with Crippen molar-refractivity contribution in [2.75, 3.05) is 18.1 Å². The molecule has 2 rings (SSSR count). The van der Waals surface area contributed by atoms with Gasteiger partial charge in [-0.2, -0.15) is 11.8 Å². The monoisotopic (exact) mass is 253 g/mol.